The van der Waals surface area contributed by atoms with Crippen LogP contribution < -0.4 is 14.8 Å². The first-order chi connectivity index (χ1) is 12.1. The van der Waals surface area contributed by atoms with Crippen LogP contribution in [0.4, 0.5) is 5.69 Å². The number of amides is 1. The van der Waals surface area contributed by atoms with Crippen molar-refractivity contribution < 1.29 is 14.3 Å². The molecule has 0 bridgehead atoms. The summed E-state index contributed by atoms with van der Waals surface area (Å²) < 4.78 is 11.5. The number of hydrogen-bond acceptors (Lipinski definition) is 5. The van der Waals surface area contributed by atoms with Gasteiger partial charge in [-0.1, -0.05) is 28.1 Å². The van der Waals surface area contributed by atoms with E-state index in [1.54, 1.807) is 32.4 Å². The summed E-state index contributed by atoms with van der Waals surface area (Å²) in [7, 11) is 3.16. The molecule has 1 amide bonds. The summed E-state index contributed by atoms with van der Waals surface area (Å²) in [5.74, 6) is 1.08. The molecule has 1 fully saturated rings. The Bertz CT molecular complexity index is 880. The number of carbonyl (C=O) groups is 1. The van der Waals surface area contributed by atoms with Gasteiger partial charge in [-0.25, -0.2) is 4.99 Å². The molecule has 0 unspecified atom stereocenters. The van der Waals surface area contributed by atoms with E-state index in [1.807, 2.05) is 30.3 Å². The highest BCUT2D eigenvalue weighted by Crippen LogP contribution is 2.34. The number of rotatable bonds is 4. The maximum Gasteiger partial charge on any atom is 0.264 e. The van der Waals surface area contributed by atoms with Crippen LogP contribution in [0.15, 0.2) is 56.8 Å². The Morgan fingerprint density at radius 3 is 2.72 bits per heavy atom. The van der Waals surface area contributed by atoms with Gasteiger partial charge in [-0.05, 0) is 47.7 Å². The van der Waals surface area contributed by atoms with Gasteiger partial charge in [0.15, 0.2) is 5.17 Å². The van der Waals surface area contributed by atoms with E-state index in [0.717, 1.165) is 10.0 Å². The number of ether oxygens (including phenoxy) is 2. The van der Waals surface area contributed by atoms with Gasteiger partial charge in [0.05, 0.1) is 19.1 Å². The highest BCUT2D eigenvalue weighted by Gasteiger charge is 2.24. The predicted octanol–water partition coefficient (Wildman–Crippen LogP) is 4.36. The number of benzene rings is 2. The number of methoxy groups -OCH3 is 2. The fourth-order valence-corrected chi connectivity index (χ4v) is 3.47. The Hall–Kier alpha value is -2.25. The zero-order valence-electron chi connectivity index (χ0n) is 13.6. The molecule has 1 aliphatic heterocycles. The van der Waals surface area contributed by atoms with Crippen molar-refractivity contribution in [2.45, 2.75) is 0 Å². The topological polar surface area (TPSA) is 59.9 Å². The average molecular weight is 419 g/mol. The Morgan fingerprint density at radius 1 is 1.16 bits per heavy atom. The van der Waals surface area contributed by atoms with Gasteiger partial charge in [0.25, 0.3) is 5.91 Å². The van der Waals surface area contributed by atoms with Crippen molar-refractivity contribution in [2.75, 3.05) is 14.2 Å². The monoisotopic (exact) mass is 418 g/mol. The SMILES string of the molecule is COc1ccc(N=C2NC(=O)C(=Cc3cccc(Br)c3)S2)c(OC)c1. The maximum atomic E-state index is 12.2. The van der Waals surface area contributed by atoms with Crippen LogP contribution in [0.25, 0.3) is 6.08 Å². The molecule has 0 aromatic heterocycles. The van der Waals surface area contributed by atoms with Gasteiger partial charge in [-0.3, -0.25) is 4.79 Å². The molecule has 0 aliphatic carbocycles. The molecule has 0 saturated carbocycles. The number of carbonyl (C=O) groups excluding carboxylic acids is 1. The van der Waals surface area contributed by atoms with Crippen molar-refractivity contribution in [3.8, 4) is 11.5 Å². The Morgan fingerprint density at radius 2 is 2.00 bits per heavy atom. The third kappa shape index (κ3) is 4.24. The third-order valence-corrected chi connectivity index (χ3v) is 4.81. The van der Waals surface area contributed by atoms with Crippen LogP contribution in [0, 0.1) is 0 Å². The summed E-state index contributed by atoms with van der Waals surface area (Å²) in [6.07, 6.45) is 1.83. The molecule has 0 atom stereocenters. The van der Waals surface area contributed by atoms with E-state index in [9.17, 15) is 4.79 Å². The van der Waals surface area contributed by atoms with Gasteiger partial charge in [0, 0.05) is 10.5 Å². The predicted molar refractivity (Wildman–Crippen MR) is 104 cm³/mol. The molecule has 0 spiro atoms. The average Bonchev–Trinajstić information content (AvgIpc) is 2.94. The number of nitrogens with zero attached hydrogens (tertiary/aromatic N) is 1. The van der Waals surface area contributed by atoms with Crippen molar-refractivity contribution in [3.05, 3.63) is 57.4 Å². The number of halogens is 1. The Labute approximate surface area is 158 Å². The van der Waals surface area contributed by atoms with Crippen LogP contribution in [-0.2, 0) is 4.79 Å². The second-order valence-corrected chi connectivity index (χ2v) is 7.02. The lowest BCUT2D eigenvalue weighted by atomic mass is 10.2. The van der Waals surface area contributed by atoms with E-state index in [-0.39, 0.29) is 5.91 Å². The summed E-state index contributed by atoms with van der Waals surface area (Å²) in [5.41, 5.74) is 1.56. The van der Waals surface area contributed by atoms with Gasteiger partial charge < -0.3 is 14.8 Å². The normalized spacial score (nSPS) is 17.0. The van der Waals surface area contributed by atoms with Gasteiger partial charge >= 0.3 is 0 Å². The standard InChI is InChI=1S/C18H15BrN2O3S/c1-23-13-6-7-14(15(10-13)24-2)20-18-21-17(22)16(25-18)9-11-4-3-5-12(19)8-11/h3-10H,1-2H3,(H,20,21,22). The number of thioether (sulfide) groups is 1. The van der Waals surface area contributed by atoms with Crippen molar-refractivity contribution in [3.63, 3.8) is 0 Å². The molecule has 7 heteroatoms. The molecule has 1 aliphatic rings. The quantitative estimate of drug-likeness (QED) is 0.749. The molecule has 3 rings (SSSR count). The number of hydrogen-bond donors (Lipinski definition) is 1. The molecule has 1 saturated heterocycles. The van der Waals surface area contributed by atoms with Crippen LogP contribution >= 0.6 is 27.7 Å². The number of nitrogens with one attached hydrogen (secondary N) is 1. The van der Waals surface area contributed by atoms with Crippen molar-refractivity contribution >= 4 is 50.5 Å². The molecule has 0 radical (unpaired) electrons. The van der Waals surface area contributed by atoms with Gasteiger partial charge in [0.2, 0.25) is 0 Å². The van der Waals surface area contributed by atoms with E-state index in [0.29, 0.717) is 27.3 Å². The minimum Gasteiger partial charge on any atom is -0.497 e. The minimum absolute atomic E-state index is 0.170. The second kappa shape index (κ2) is 7.76. The van der Waals surface area contributed by atoms with Crippen LogP contribution in [0.2, 0.25) is 0 Å². The fourth-order valence-electron chi connectivity index (χ4n) is 2.21. The first-order valence-electron chi connectivity index (χ1n) is 7.36. The van der Waals surface area contributed by atoms with Crippen LogP contribution in [0.1, 0.15) is 5.56 Å². The first-order valence-corrected chi connectivity index (χ1v) is 8.97. The van der Waals surface area contributed by atoms with Crippen LogP contribution in [-0.4, -0.2) is 25.3 Å². The smallest absolute Gasteiger partial charge is 0.264 e. The van der Waals surface area contributed by atoms with Crippen molar-refractivity contribution in [1.29, 1.82) is 0 Å². The summed E-state index contributed by atoms with van der Waals surface area (Å²) in [4.78, 5) is 17.2. The molecule has 5 nitrogen and oxygen atoms in total. The molecule has 1 heterocycles. The highest BCUT2D eigenvalue weighted by molar-refractivity contribution is 9.10. The summed E-state index contributed by atoms with van der Waals surface area (Å²) in [6, 6.07) is 13.1. The maximum absolute atomic E-state index is 12.2. The second-order valence-electron chi connectivity index (χ2n) is 5.07. The molecule has 2 aromatic carbocycles. The van der Waals surface area contributed by atoms with E-state index < -0.39 is 0 Å². The molecule has 128 valence electrons. The van der Waals surface area contributed by atoms with E-state index in [1.165, 1.54) is 11.8 Å². The Kier molecular flexibility index (Phi) is 5.45. The fraction of sp³-hybridized carbons (Fsp3) is 0.111. The number of aliphatic imine (C=N–C) groups is 1. The molecule has 2 aromatic rings. The Balaban J connectivity index is 1.86. The van der Waals surface area contributed by atoms with Gasteiger partial charge in [-0.2, -0.15) is 0 Å². The highest BCUT2D eigenvalue weighted by atomic mass is 79.9. The molecular weight excluding hydrogens is 404 g/mol. The third-order valence-electron chi connectivity index (χ3n) is 3.41. The largest absolute Gasteiger partial charge is 0.497 e. The number of amidine groups is 1. The molecule has 1 N–H and O–H groups in total. The van der Waals surface area contributed by atoms with Crippen LogP contribution in [0.5, 0.6) is 11.5 Å². The van der Waals surface area contributed by atoms with Crippen molar-refractivity contribution in [2.24, 2.45) is 4.99 Å². The van der Waals surface area contributed by atoms with Crippen LogP contribution in [0.3, 0.4) is 0 Å². The first kappa shape index (κ1) is 17.6. The van der Waals surface area contributed by atoms with Gasteiger partial charge in [-0.15, -0.1) is 0 Å². The minimum atomic E-state index is -0.170. The zero-order valence-corrected chi connectivity index (χ0v) is 16.0. The molecule has 25 heavy (non-hydrogen) atoms. The summed E-state index contributed by atoms with van der Waals surface area (Å²) in [6.45, 7) is 0. The summed E-state index contributed by atoms with van der Waals surface area (Å²) >= 11 is 4.72. The van der Waals surface area contributed by atoms with Crippen molar-refractivity contribution in [1.82, 2.24) is 5.32 Å². The lowest BCUT2D eigenvalue weighted by Gasteiger charge is -2.07. The van der Waals surface area contributed by atoms with E-state index in [2.05, 4.69) is 26.2 Å². The lowest BCUT2D eigenvalue weighted by molar-refractivity contribution is -0.115. The molecular formula is C18H15BrN2O3S. The lowest BCUT2D eigenvalue weighted by Crippen LogP contribution is -2.19. The summed E-state index contributed by atoms with van der Waals surface area (Å²) in [5, 5.41) is 3.28. The zero-order chi connectivity index (χ0) is 17.8. The van der Waals surface area contributed by atoms with Gasteiger partial charge in [0.1, 0.15) is 17.2 Å². The van der Waals surface area contributed by atoms with E-state index >= 15 is 0 Å². The van der Waals surface area contributed by atoms with E-state index in [4.69, 9.17) is 9.47 Å².